The number of likely N-dealkylation sites (N-methyl/N-ethyl adjacent to an activating group) is 2. The maximum absolute atomic E-state index is 12.4. The zero-order valence-corrected chi connectivity index (χ0v) is 10.4. The Morgan fingerprint density at radius 1 is 1.19 bits per heavy atom. The molecule has 2 atom stereocenters. The number of alkyl halides is 2. The van der Waals surface area contributed by atoms with Crippen LogP contribution in [0.2, 0.25) is 0 Å². The minimum absolute atomic E-state index is 0.108. The van der Waals surface area contributed by atoms with Crippen LogP contribution in [0.1, 0.15) is 38.5 Å². The lowest BCUT2D eigenvalue weighted by molar-refractivity contribution is 0.0644. The summed E-state index contributed by atoms with van der Waals surface area (Å²) in [7, 11) is 3.76. The summed E-state index contributed by atoms with van der Waals surface area (Å²) < 4.78 is 24.8. The first-order valence-corrected chi connectivity index (χ1v) is 6.30. The first-order valence-electron chi connectivity index (χ1n) is 6.30. The number of rotatable bonds is 4. The maximum atomic E-state index is 12.4. The molecule has 4 heteroatoms. The lowest BCUT2D eigenvalue weighted by atomic mass is 9.91. The van der Waals surface area contributed by atoms with E-state index in [2.05, 4.69) is 5.32 Å². The van der Waals surface area contributed by atoms with Crippen molar-refractivity contribution in [1.82, 2.24) is 10.2 Å². The summed E-state index contributed by atoms with van der Waals surface area (Å²) in [4.78, 5) is 1.83. The van der Waals surface area contributed by atoms with Crippen LogP contribution < -0.4 is 5.32 Å². The normalized spacial score (nSPS) is 28.1. The van der Waals surface area contributed by atoms with Crippen LogP contribution in [0.5, 0.6) is 0 Å². The van der Waals surface area contributed by atoms with E-state index < -0.39 is 6.43 Å². The molecule has 0 amide bonds. The summed E-state index contributed by atoms with van der Waals surface area (Å²) in [5, 5.41) is 3.29. The Labute approximate surface area is 97.4 Å². The Kier molecular flexibility index (Phi) is 6.21. The molecular formula is C12H24F2N2. The van der Waals surface area contributed by atoms with Gasteiger partial charge in [0, 0.05) is 12.1 Å². The van der Waals surface area contributed by atoms with Crippen molar-refractivity contribution in [2.24, 2.45) is 0 Å². The molecule has 1 aliphatic rings. The molecule has 1 N–H and O–H groups in total. The van der Waals surface area contributed by atoms with Crippen molar-refractivity contribution < 1.29 is 8.78 Å². The molecular weight excluding hydrogens is 210 g/mol. The lowest BCUT2D eigenvalue weighted by Gasteiger charge is -2.36. The fraction of sp³-hybridized carbons (Fsp3) is 1.00. The van der Waals surface area contributed by atoms with Gasteiger partial charge in [0.05, 0.1) is 6.54 Å². The third-order valence-corrected chi connectivity index (χ3v) is 3.59. The van der Waals surface area contributed by atoms with Crippen LogP contribution in [-0.4, -0.2) is 44.0 Å². The Bertz CT molecular complexity index is 188. The number of nitrogens with zero attached hydrogens (tertiary/aromatic N) is 1. The Balaban J connectivity index is 2.55. The molecule has 16 heavy (non-hydrogen) atoms. The predicted octanol–water partition coefficient (Wildman–Crippen LogP) is 2.49. The van der Waals surface area contributed by atoms with E-state index >= 15 is 0 Å². The summed E-state index contributed by atoms with van der Waals surface area (Å²) in [6.45, 7) is -0.108. The second-order valence-electron chi connectivity index (χ2n) is 4.78. The molecule has 0 aromatic heterocycles. The van der Waals surface area contributed by atoms with E-state index in [-0.39, 0.29) is 12.6 Å². The Hall–Kier alpha value is -0.220. The van der Waals surface area contributed by atoms with Crippen molar-refractivity contribution in [3.63, 3.8) is 0 Å². The van der Waals surface area contributed by atoms with Crippen molar-refractivity contribution in [2.75, 3.05) is 20.6 Å². The third-order valence-electron chi connectivity index (χ3n) is 3.59. The average Bonchev–Trinajstić information content (AvgIpc) is 2.16. The highest BCUT2D eigenvalue weighted by atomic mass is 19.3. The molecule has 0 aliphatic heterocycles. The van der Waals surface area contributed by atoms with E-state index in [9.17, 15) is 8.78 Å². The van der Waals surface area contributed by atoms with Crippen LogP contribution in [-0.2, 0) is 0 Å². The van der Waals surface area contributed by atoms with Crippen LogP contribution in [0.3, 0.4) is 0 Å². The predicted molar refractivity (Wildman–Crippen MR) is 63.0 cm³/mol. The van der Waals surface area contributed by atoms with E-state index in [1.165, 1.54) is 19.3 Å². The fourth-order valence-corrected chi connectivity index (χ4v) is 2.68. The van der Waals surface area contributed by atoms with Gasteiger partial charge in [0.1, 0.15) is 0 Å². The third kappa shape index (κ3) is 4.34. The summed E-state index contributed by atoms with van der Waals surface area (Å²) in [5.41, 5.74) is 0. The van der Waals surface area contributed by atoms with Crippen LogP contribution in [0.15, 0.2) is 0 Å². The summed E-state index contributed by atoms with van der Waals surface area (Å²) in [6.07, 6.45) is 4.82. The van der Waals surface area contributed by atoms with Gasteiger partial charge >= 0.3 is 0 Å². The highest BCUT2D eigenvalue weighted by molar-refractivity contribution is 4.84. The number of hydrogen-bond donors (Lipinski definition) is 1. The van der Waals surface area contributed by atoms with Gasteiger partial charge in [-0.15, -0.1) is 0 Å². The van der Waals surface area contributed by atoms with Gasteiger partial charge in [-0.2, -0.15) is 0 Å². The molecule has 2 nitrogen and oxygen atoms in total. The molecule has 0 saturated heterocycles. The first kappa shape index (κ1) is 13.8. The van der Waals surface area contributed by atoms with E-state index in [1.54, 1.807) is 0 Å². The molecule has 0 aromatic carbocycles. The highest BCUT2D eigenvalue weighted by Crippen LogP contribution is 2.21. The van der Waals surface area contributed by atoms with Gasteiger partial charge in [-0.25, -0.2) is 8.78 Å². The highest BCUT2D eigenvalue weighted by Gasteiger charge is 2.26. The SMILES string of the molecule is CNC1CCCCCCC1N(C)CC(F)F. The van der Waals surface area contributed by atoms with Gasteiger partial charge in [0.25, 0.3) is 6.43 Å². The largest absolute Gasteiger partial charge is 0.315 e. The number of halogens is 2. The van der Waals surface area contributed by atoms with Crippen molar-refractivity contribution >= 4 is 0 Å². The van der Waals surface area contributed by atoms with Crippen molar-refractivity contribution in [2.45, 2.75) is 57.0 Å². The summed E-state index contributed by atoms with van der Waals surface area (Å²) in [6, 6.07) is 0.628. The van der Waals surface area contributed by atoms with Crippen LogP contribution >= 0.6 is 0 Å². The summed E-state index contributed by atoms with van der Waals surface area (Å²) in [5.74, 6) is 0. The number of hydrogen-bond acceptors (Lipinski definition) is 2. The molecule has 1 fully saturated rings. The maximum Gasteiger partial charge on any atom is 0.251 e. The second kappa shape index (κ2) is 7.17. The zero-order valence-electron chi connectivity index (χ0n) is 10.4. The molecule has 0 heterocycles. The van der Waals surface area contributed by atoms with Crippen molar-refractivity contribution in [3.8, 4) is 0 Å². The first-order chi connectivity index (χ1) is 7.65. The average molecular weight is 234 g/mol. The molecule has 1 saturated carbocycles. The lowest BCUT2D eigenvalue weighted by Crippen LogP contribution is -2.49. The van der Waals surface area contributed by atoms with Gasteiger partial charge in [0.15, 0.2) is 0 Å². The molecule has 0 bridgehead atoms. The van der Waals surface area contributed by atoms with E-state index in [0.717, 1.165) is 19.3 Å². The molecule has 0 spiro atoms. The van der Waals surface area contributed by atoms with E-state index in [0.29, 0.717) is 6.04 Å². The summed E-state index contributed by atoms with van der Waals surface area (Å²) >= 11 is 0. The van der Waals surface area contributed by atoms with Crippen molar-refractivity contribution in [1.29, 1.82) is 0 Å². The Morgan fingerprint density at radius 2 is 1.81 bits per heavy atom. The smallest absolute Gasteiger partial charge is 0.251 e. The number of nitrogens with one attached hydrogen (secondary N) is 1. The second-order valence-corrected chi connectivity index (χ2v) is 4.78. The van der Waals surface area contributed by atoms with Crippen LogP contribution in [0.4, 0.5) is 8.78 Å². The zero-order chi connectivity index (χ0) is 12.0. The van der Waals surface area contributed by atoms with Gasteiger partial charge in [-0.3, -0.25) is 4.90 Å². The molecule has 2 unspecified atom stereocenters. The minimum atomic E-state index is -2.23. The van der Waals surface area contributed by atoms with E-state index in [1.807, 2.05) is 19.0 Å². The Morgan fingerprint density at radius 3 is 2.38 bits per heavy atom. The minimum Gasteiger partial charge on any atom is -0.315 e. The molecule has 96 valence electrons. The van der Waals surface area contributed by atoms with Crippen LogP contribution in [0.25, 0.3) is 0 Å². The van der Waals surface area contributed by atoms with Gasteiger partial charge in [0.2, 0.25) is 0 Å². The molecule has 0 aromatic rings. The van der Waals surface area contributed by atoms with Gasteiger partial charge in [-0.1, -0.05) is 25.7 Å². The van der Waals surface area contributed by atoms with Crippen LogP contribution in [0, 0.1) is 0 Å². The fourth-order valence-electron chi connectivity index (χ4n) is 2.68. The molecule has 1 rings (SSSR count). The van der Waals surface area contributed by atoms with E-state index in [4.69, 9.17) is 0 Å². The van der Waals surface area contributed by atoms with Gasteiger partial charge in [-0.05, 0) is 26.9 Å². The monoisotopic (exact) mass is 234 g/mol. The standard InChI is InChI=1S/C12H24F2N2/c1-15-10-7-5-3-4-6-8-11(10)16(2)9-12(13)14/h10-12,15H,3-9H2,1-2H3. The quantitative estimate of drug-likeness (QED) is 0.804. The van der Waals surface area contributed by atoms with Gasteiger partial charge < -0.3 is 5.32 Å². The topological polar surface area (TPSA) is 15.3 Å². The van der Waals surface area contributed by atoms with Crippen molar-refractivity contribution in [3.05, 3.63) is 0 Å². The molecule has 1 aliphatic carbocycles. The molecule has 0 radical (unpaired) electrons.